The zero-order valence-electron chi connectivity index (χ0n) is 11.1. The van der Waals surface area contributed by atoms with Crippen molar-refractivity contribution in [3.63, 3.8) is 0 Å². The average molecular weight is 342 g/mol. The first-order valence-corrected chi connectivity index (χ1v) is 7.41. The van der Waals surface area contributed by atoms with E-state index in [1.807, 2.05) is 18.2 Å². The van der Waals surface area contributed by atoms with Crippen LogP contribution in [-0.2, 0) is 0 Å². The number of hydrogen-bond acceptors (Lipinski definition) is 4. The summed E-state index contributed by atoms with van der Waals surface area (Å²) in [6.07, 6.45) is 0. The Morgan fingerprint density at radius 1 is 1.21 bits per heavy atom. The summed E-state index contributed by atoms with van der Waals surface area (Å²) in [4.78, 5) is 2.31. The Hall–Kier alpha value is -1.04. The van der Waals surface area contributed by atoms with Crippen molar-refractivity contribution in [2.45, 2.75) is 13.0 Å². The van der Waals surface area contributed by atoms with E-state index in [4.69, 9.17) is 15.2 Å². The molecule has 0 radical (unpaired) electrons. The Balaban J connectivity index is 2.47. The summed E-state index contributed by atoms with van der Waals surface area (Å²) in [5.41, 5.74) is 7.30. The van der Waals surface area contributed by atoms with E-state index in [9.17, 15) is 0 Å². The van der Waals surface area contributed by atoms with Gasteiger partial charge in [-0.15, -0.1) is 11.3 Å². The van der Waals surface area contributed by atoms with Crippen LogP contribution in [0.4, 0.5) is 0 Å². The highest BCUT2D eigenvalue weighted by Gasteiger charge is 2.19. The van der Waals surface area contributed by atoms with Gasteiger partial charge >= 0.3 is 0 Å². The first-order valence-electron chi connectivity index (χ1n) is 5.80. The topological polar surface area (TPSA) is 44.5 Å². The molecule has 0 aliphatic heterocycles. The largest absolute Gasteiger partial charge is 0.497 e. The van der Waals surface area contributed by atoms with Crippen molar-refractivity contribution in [2.75, 3.05) is 14.2 Å². The Morgan fingerprint density at radius 3 is 2.47 bits per heavy atom. The average Bonchev–Trinajstić information content (AvgIpc) is 2.76. The van der Waals surface area contributed by atoms with Crippen LogP contribution < -0.4 is 15.2 Å². The maximum absolute atomic E-state index is 6.38. The molecule has 2 N–H and O–H groups in total. The lowest BCUT2D eigenvalue weighted by Crippen LogP contribution is -2.12. The second-order valence-electron chi connectivity index (χ2n) is 4.15. The van der Waals surface area contributed by atoms with Gasteiger partial charge in [0.15, 0.2) is 0 Å². The molecule has 3 nitrogen and oxygen atoms in total. The predicted molar refractivity (Wildman–Crippen MR) is 82.3 cm³/mol. The minimum absolute atomic E-state index is 0.238. The van der Waals surface area contributed by atoms with Crippen LogP contribution in [0, 0.1) is 6.92 Å². The lowest BCUT2D eigenvalue weighted by molar-refractivity contribution is 0.397. The highest BCUT2D eigenvalue weighted by molar-refractivity contribution is 9.10. The first-order chi connectivity index (χ1) is 9.06. The van der Waals surface area contributed by atoms with Crippen molar-refractivity contribution in [2.24, 2.45) is 5.73 Å². The Bertz CT molecular complexity index is 583. The van der Waals surface area contributed by atoms with E-state index < -0.39 is 0 Å². The number of methoxy groups -OCH3 is 2. The van der Waals surface area contributed by atoms with Gasteiger partial charge in [-0.3, -0.25) is 0 Å². The molecule has 0 saturated carbocycles. The smallest absolute Gasteiger partial charge is 0.124 e. The predicted octanol–water partition coefficient (Wildman–Crippen LogP) is 3.88. The lowest BCUT2D eigenvalue weighted by atomic mass is 10.0. The molecule has 1 aromatic carbocycles. The van der Waals surface area contributed by atoms with Gasteiger partial charge in [0.2, 0.25) is 0 Å². The lowest BCUT2D eigenvalue weighted by Gasteiger charge is -2.16. The number of ether oxygens (including phenoxy) is 2. The summed E-state index contributed by atoms with van der Waals surface area (Å²) in [6.45, 7) is 2.06. The second kappa shape index (κ2) is 5.94. The van der Waals surface area contributed by atoms with Gasteiger partial charge in [-0.2, -0.15) is 0 Å². The molecule has 2 aromatic rings. The molecule has 2 rings (SSSR count). The van der Waals surface area contributed by atoms with E-state index in [2.05, 4.69) is 28.9 Å². The number of rotatable bonds is 4. The molecular formula is C14H16BrNO2S. The molecule has 0 bridgehead atoms. The third kappa shape index (κ3) is 2.94. The van der Waals surface area contributed by atoms with Crippen molar-refractivity contribution < 1.29 is 9.47 Å². The van der Waals surface area contributed by atoms with Gasteiger partial charge in [0.25, 0.3) is 0 Å². The molecule has 0 amide bonds. The van der Waals surface area contributed by atoms with Crippen LogP contribution >= 0.6 is 27.3 Å². The number of nitrogens with two attached hydrogens (primary N) is 1. The molecule has 5 heteroatoms. The van der Waals surface area contributed by atoms with Crippen molar-refractivity contribution in [1.82, 2.24) is 0 Å². The number of benzene rings is 1. The third-order valence-electron chi connectivity index (χ3n) is 2.89. The van der Waals surface area contributed by atoms with Crippen molar-refractivity contribution in [3.05, 3.63) is 44.1 Å². The summed E-state index contributed by atoms with van der Waals surface area (Å²) in [6, 6.07) is 7.50. The molecule has 0 aliphatic rings. The van der Waals surface area contributed by atoms with Crippen LogP contribution in [-0.4, -0.2) is 14.2 Å². The minimum Gasteiger partial charge on any atom is -0.497 e. The van der Waals surface area contributed by atoms with Crippen LogP contribution in [0.5, 0.6) is 11.5 Å². The molecule has 102 valence electrons. The second-order valence-corrected chi connectivity index (χ2v) is 6.30. The fourth-order valence-electron chi connectivity index (χ4n) is 1.94. The van der Waals surface area contributed by atoms with E-state index in [0.29, 0.717) is 0 Å². The summed E-state index contributed by atoms with van der Waals surface area (Å²) in [5.74, 6) is 1.54. The summed E-state index contributed by atoms with van der Waals surface area (Å²) < 4.78 is 11.7. The fourth-order valence-corrected chi connectivity index (χ4v) is 3.86. The maximum atomic E-state index is 6.38. The number of aryl methyl sites for hydroxylation is 1. The standard InChI is InChI=1S/C14H16BrNO2S/c1-8-6-11(15)14(19-8)13(16)10-7-9(17-2)4-5-12(10)18-3/h4-7,13H,16H2,1-3H3. The van der Waals surface area contributed by atoms with Crippen molar-refractivity contribution in [3.8, 4) is 11.5 Å². The Kier molecular flexibility index (Phi) is 4.50. The molecule has 0 fully saturated rings. The summed E-state index contributed by atoms with van der Waals surface area (Å²) in [7, 11) is 3.29. The zero-order valence-corrected chi connectivity index (χ0v) is 13.5. The first kappa shape index (κ1) is 14.4. The monoisotopic (exact) mass is 341 g/mol. The Morgan fingerprint density at radius 2 is 1.95 bits per heavy atom. The maximum Gasteiger partial charge on any atom is 0.124 e. The molecule has 1 aromatic heterocycles. The molecule has 1 unspecified atom stereocenters. The highest BCUT2D eigenvalue weighted by atomic mass is 79.9. The minimum atomic E-state index is -0.238. The van der Waals surface area contributed by atoms with Crippen LogP contribution in [0.25, 0.3) is 0 Å². The van der Waals surface area contributed by atoms with Crippen molar-refractivity contribution in [1.29, 1.82) is 0 Å². The van der Waals surface area contributed by atoms with Gasteiger partial charge in [0, 0.05) is 19.8 Å². The Labute approximate surface area is 125 Å². The zero-order chi connectivity index (χ0) is 14.0. The third-order valence-corrected chi connectivity index (χ3v) is 4.94. The number of thiophene rings is 1. The molecule has 1 atom stereocenters. The normalized spacial score (nSPS) is 12.3. The molecule has 0 spiro atoms. The van der Waals surface area contributed by atoms with Gasteiger partial charge in [-0.1, -0.05) is 0 Å². The van der Waals surface area contributed by atoms with Crippen LogP contribution in [0.1, 0.15) is 21.4 Å². The van der Waals surface area contributed by atoms with Crippen LogP contribution in [0.2, 0.25) is 0 Å². The summed E-state index contributed by atoms with van der Waals surface area (Å²) in [5, 5.41) is 0. The summed E-state index contributed by atoms with van der Waals surface area (Å²) >= 11 is 5.24. The van der Waals surface area contributed by atoms with Crippen LogP contribution in [0.15, 0.2) is 28.7 Å². The number of halogens is 1. The molecule has 19 heavy (non-hydrogen) atoms. The van der Waals surface area contributed by atoms with E-state index in [1.54, 1.807) is 25.6 Å². The molecule has 1 heterocycles. The van der Waals surface area contributed by atoms with Gasteiger partial charge in [-0.25, -0.2) is 0 Å². The SMILES string of the molecule is COc1ccc(OC)c(C(N)c2sc(C)cc2Br)c1. The van der Waals surface area contributed by atoms with E-state index >= 15 is 0 Å². The van der Waals surface area contributed by atoms with Gasteiger partial charge in [0.05, 0.1) is 20.3 Å². The fraction of sp³-hybridized carbons (Fsp3) is 0.286. The van der Waals surface area contributed by atoms with E-state index in [0.717, 1.165) is 26.4 Å². The van der Waals surface area contributed by atoms with Crippen LogP contribution in [0.3, 0.4) is 0 Å². The van der Waals surface area contributed by atoms with Gasteiger partial charge < -0.3 is 15.2 Å². The van der Waals surface area contributed by atoms with Gasteiger partial charge in [-0.05, 0) is 47.1 Å². The van der Waals surface area contributed by atoms with E-state index in [-0.39, 0.29) is 6.04 Å². The number of hydrogen-bond donors (Lipinski definition) is 1. The van der Waals surface area contributed by atoms with Gasteiger partial charge in [0.1, 0.15) is 11.5 Å². The molecule has 0 saturated heterocycles. The molecule has 0 aliphatic carbocycles. The van der Waals surface area contributed by atoms with E-state index in [1.165, 1.54) is 4.88 Å². The molecular weight excluding hydrogens is 326 g/mol. The quantitative estimate of drug-likeness (QED) is 0.917. The van der Waals surface area contributed by atoms with Crippen molar-refractivity contribution >= 4 is 27.3 Å². The highest BCUT2D eigenvalue weighted by Crippen LogP contribution is 2.38.